The summed E-state index contributed by atoms with van der Waals surface area (Å²) in [6.07, 6.45) is 0. The Morgan fingerprint density at radius 3 is 0.588 bits per heavy atom. The van der Waals surface area contributed by atoms with Gasteiger partial charge in [0.25, 0.3) is 0 Å². The van der Waals surface area contributed by atoms with Gasteiger partial charge in [0, 0.05) is 0 Å². The number of hydrogen-bond donors (Lipinski definition) is 3. The summed E-state index contributed by atoms with van der Waals surface area (Å²) in [5, 5.41) is 33.9. The predicted octanol–water partition coefficient (Wildman–Crippen LogP) is 2.51. The van der Waals surface area contributed by atoms with Crippen molar-refractivity contribution in [3.05, 3.63) is 21.6 Å². The maximum Gasteiger partial charge on any atom is 3.00 e. The van der Waals surface area contributed by atoms with Gasteiger partial charge in [-0.2, -0.15) is 20.6 Å². The Labute approximate surface area is 132 Å². The molecule has 0 aromatic carbocycles. The summed E-state index contributed by atoms with van der Waals surface area (Å²) in [5.41, 5.74) is 0. The number of thiocarbonyl (C=S) groups is 4. The van der Waals surface area contributed by atoms with Crippen LogP contribution < -0.4 is 18.5 Å². The van der Waals surface area contributed by atoms with Crippen molar-refractivity contribution in [3.8, 4) is 0 Å². The standard InChI is InChI=1S/4CNS.Cr.3H3N.H2O/c4*2-1-3;;;;;/h;;;;;3*1H3;1H2/q4*-1;+3;;;;/p+1. The van der Waals surface area contributed by atoms with E-state index in [1.165, 1.54) is 20.6 Å². The molecule has 0 aliphatic heterocycles. The van der Waals surface area contributed by atoms with Crippen molar-refractivity contribution >= 4 is 69.5 Å². The second kappa shape index (κ2) is 259. The second-order valence-corrected chi connectivity index (χ2v) is 1.10. The van der Waals surface area contributed by atoms with Crippen LogP contribution in [0.4, 0.5) is 0 Å². The van der Waals surface area contributed by atoms with Crippen LogP contribution in [0.1, 0.15) is 0 Å². The largest absolute Gasteiger partial charge is 3.00 e. The number of quaternary nitrogens is 1. The average molecular weight is 354 g/mol. The molecule has 0 aliphatic carbocycles. The summed E-state index contributed by atoms with van der Waals surface area (Å²) in [6.45, 7) is 0. The van der Waals surface area contributed by atoms with Crippen LogP contribution in [0.3, 0.4) is 0 Å². The van der Waals surface area contributed by atoms with Crippen molar-refractivity contribution in [1.82, 2.24) is 18.5 Å². The van der Waals surface area contributed by atoms with Gasteiger partial charge in [-0.1, -0.05) is 48.9 Å². The van der Waals surface area contributed by atoms with Crippen LogP contribution in [0, 0.1) is 0 Å². The number of isothiocyanates is 4. The van der Waals surface area contributed by atoms with Crippen molar-refractivity contribution in [2.45, 2.75) is 0 Å². The van der Waals surface area contributed by atoms with Crippen molar-refractivity contribution in [2.24, 2.45) is 0 Å². The first-order valence-electron chi connectivity index (χ1n) is 1.71. The predicted molar refractivity (Wildman–Crippen MR) is 83.5 cm³/mol. The molecule has 0 aromatic rings. The van der Waals surface area contributed by atoms with Gasteiger partial charge in [0.2, 0.25) is 0 Å². The van der Waals surface area contributed by atoms with Crippen molar-refractivity contribution in [3.63, 3.8) is 0 Å². The fourth-order valence-corrected chi connectivity index (χ4v) is 0. The zero-order valence-corrected chi connectivity index (χ0v) is 13.3. The van der Waals surface area contributed by atoms with Gasteiger partial charge >= 0.3 is 17.4 Å². The van der Waals surface area contributed by atoms with Crippen LogP contribution in [0.5, 0.6) is 0 Å². The Morgan fingerprint density at radius 2 is 0.588 bits per heavy atom. The van der Waals surface area contributed by atoms with Gasteiger partial charge in [0.05, 0.1) is 0 Å². The number of hydrogen-bond acceptors (Lipinski definition) is 6. The first kappa shape index (κ1) is 70.1. The molecule has 0 rings (SSSR count). The minimum absolute atomic E-state index is 0. The monoisotopic (exact) mass is 354 g/mol. The van der Waals surface area contributed by atoms with E-state index in [0.29, 0.717) is 0 Å². The smallest absolute Gasteiger partial charge is 0.753 e. The Kier molecular flexibility index (Phi) is 1070. The van der Waals surface area contributed by atoms with E-state index >= 15 is 0 Å². The summed E-state index contributed by atoms with van der Waals surface area (Å²) < 4.78 is 0. The van der Waals surface area contributed by atoms with Crippen LogP contribution in [0.15, 0.2) is 0 Å². The van der Waals surface area contributed by atoms with Crippen LogP contribution in [-0.4, -0.2) is 26.1 Å². The van der Waals surface area contributed by atoms with Crippen molar-refractivity contribution in [2.75, 3.05) is 0 Å². The Hall–Kier alpha value is -0.428. The third-order valence-electron chi connectivity index (χ3n) is 0. The normalized spacial score (nSPS) is 1.88. The van der Waals surface area contributed by atoms with E-state index < -0.39 is 0 Å². The zero-order chi connectivity index (χ0) is 10.8. The maximum atomic E-state index is 7.13. The van der Waals surface area contributed by atoms with E-state index in [-0.39, 0.29) is 41.3 Å². The molecule has 0 saturated heterocycles. The minimum Gasteiger partial charge on any atom is -0.753 e. The molecule has 99 valence electrons. The third-order valence-corrected chi connectivity index (χ3v) is 0. The van der Waals surface area contributed by atoms with Crippen molar-refractivity contribution in [1.29, 1.82) is 0 Å². The molecule has 0 atom stereocenters. The summed E-state index contributed by atoms with van der Waals surface area (Å²) in [4.78, 5) is 0. The molecular weight excluding hydrogens is 342 g/mol. The number of nitrogens with zero attached hydrogens (tertiary/aromatic N) is 4. The van der Waals surface area contributed by atoms with Crippen LogP contribution in [0.2, 0.25) is 0 Å². The molecule has 0 aliphatic rings. The molecule has 0 saturated carbocycles. The van der Waals surface area contributed by atoms with Gasteiger partial charge in [-0.25, -0.2) is 0 Å². The van der Waals surface area contributed by atoms with E-state index in [9.17, 15) is 0 Å². The number of rotatable bonds is 0. The summed E-state index contributed by atoms with van der Waals surface area (Å²) >= 11 is 14.8. The van der Waals surface area contributed by atoms with Crippen LogP contribution in [0.25, 0.3) is 21.6 Å². The summed E-state index contributed by atoms with van der Waals surface area (Å²) in [7, 11) is 0. The molecular formula is C4H12CrN7OS4. The van der Waals surface area contributed by atoms with Gasteiger partial charge in [-0.3, -0.25) is 0 Å². The van der Waals surface area contributed by atoms with Crippen molar-refractivity contribution < 1.29 is 22.8 Å². The maximum absolute atomic E-state index is 7.13. The van der Waals surface area contributed by atoms with Gasteiger partial charge in [0.15, 0.2) is 0 Å². The first-order chi connectivity index (χ1) is 5.66. The molecule has 0 spiro atoms. The molecule has 0 bridgehead atoms. The van der Waals surface area contributed by atoms with Gasteiger partial charge in [-0.15, -0.1) is 0 Å². The molecule has 12 N–H and O–H groups in total. The molecule has 0 heterocycles. The Morgan fingerprint density at radius 1 is 0.588 bits per heavy atom. The quantitative estimate of drug-likeness (QED) is 0.436. The van der Waals surface area contributed by atoms with E-state index in [2.05, 4.69) is 48.9 Å². The molecule has 0 unspecified atom stereocenters. The summed E-state index contributed by atoms with van der Waals surface area (Å²) in [6, 6.07) is 0. The molecule has 8 nitrogen and oxygen atoms in total. The van der Waals surface area contributed by atoms with Crippen LogP contribution >= 0.6 is 48.9 Å². The van der Waals surface area contributed by atoms with Gasteiger partial charge < -0.3 is 45.6 Å². The first-order valence-corrected chi connectivity index (χ1v) is 3.34. The van der Waals surface area contributed by atoms with E-state index in [1.807, 2.05) is 0 Å². The molecule has 0 amide bonds. The Balaban J connectivity index is -0.00000000653. The average Bonchev–Trinajstić information content (AvgIpc) is 1.92. The summed E-state index contributed by atoms with van der Waals surface area (Å²) in [5.74, 6) is 0. The second-order valence-electron chi connectivity index (χ2n) is 0.365. The molecule has 0 fully saturated rings. The Bertz CT molecular complexity index is 166. The van der Waals surface area contributed by atoms with Gasteiger partial charge in [0.1, 0.15) is 0 Å². The zero-order valence-electron chi connectivity index (χ0n) is 8.74. The minimum atomic E-state index is 0. The molecule has 17 heavy (non-hydrogen) atoms. The fraction of sp³-hybridized carbons (Fsp3) is 0. The third kappa shape index (κ3) is 15700. The fourth-order valence-electron chi connectivity index (χ4n) is 0. The topological polar surface area (TPSA) is 227 Å². The SMILES string of the molecule is N.N.O.[Cr+3].[N-]=C=S.[N-]=C=S.[N-]=C=S.[N-]=C=S.[NH4+]. The van der Waals surface area contributed by atoms with E-state index in [4.69, 9.17) is 21.6 Å². The van der Waals surface area contributed by atoms with E-state index in [0.717, 1.165) is 0 Å². The molecule has 1 radical (unpaired) electrons. The van der Waals surface area contributed by atoms with Gasteiger partial charge in [-0.05, 0) is 0 Å². The molecule has 13 heteroatoms. The van der Waals surface area contributed by atoms with E-state index in [1.54, 1.807) is 0 Å². The molecule has 0 aromatic heterocycles. The van der Waals surface area contributed by atoms with Crippen LogP contribution in [-0.2, 0) is 17.4 Å².